The summed E-state index contributed by atoms with van der Waals surface area (Å²) in [6.07, 6.45) is 1.11. The van der Waals surface area contributed by atoms with Crippen LogP contribution in [0, 0.1) is 6.92 Å². The molecule has 0 unspecified atom stereocenters. The van der Waals surface area contributed by atoms with E-state index in [2.05, 4.69) is 5.32 Å². The molecule has 1 aliphatic heterocycles. The highest BCUT2D eigenvalue weighted by atomic mass is 35.5. The van der Waals surface area contributed by atoms with Crippen molar-refractivity contribution < 1.29 is 18.7 Å². The van der Waals surface area contributed by atoms with Crippen molar-refractivity contribution in [2.45, 2.75) is 38.6 Å². The molecule has 1 aliphatic rings. The SMILES string of the molecule is CCOC(=O)N1CCC(NC(=O)c2cc(CCl)c(C)o2)CC1. The Morgan fingerprint density at radius 3 is 2.68 bits per heavy atom. The number of alkyl halides is 1. The molecule has 2 amide bonds. The molecule has 1 N–H and O–H groups in total. The van der Waals surface area contributed by atoms with Crippen LogP contribution in [0.1, 0.15) is 41.6 Å². The summed E-state index contributed by atoms with van der Waals surface area (Å²) in [6.45, 7) is 5.09. The molecular weight excluding hydrogens is 308 g/mol. The van der Waals surface area contributed by atoms with E-state index >= 15 is 0 Å². The topological polar surface area (TPSA) is 71.8 Å². The van der Waals surface area contributed by atoms with Gasteiger partial charge in [0.15, 0.2) is 5.76 Å². The van der Waals surface area contributed by atoms with Crippen molar-refractivity contribution in [3.63, 3.8) is 0 Å². The van der Waals surface area contributed by atoms with Gasteiger partial charge in [-0.1, -0.05) is 0 Å². The van der Waals surface area contributed by atoms with E-state index in [1.54, 1.807) is 24.8 Å². The Kier molecular flexibility index (Phi) is 5.71. The second-order valence-electron chi connectivity index (χ2n) is 5.26. The molecule has 122 valence electrons. The Labute approximate surface area is 134 Å². The summed E-state index contributed by atoms with van der Waals surface area (Å²) in [5, 5.41) is 2.94. The summed E-state index contributed by atoms with van der Waals surface area (Å²) in [5.41, 5.74) is 0.823. The van der Waals surface area contributed by atoms with Crippen LogP contribution >= 0.6 is 11.6 Å². The van der Waals surface area contributed by atoms with Crippen molar-refractivity contribution in [2.24, 2.45) is 0 Å². The van der Waals surface area contributed by atoms with Crippen LogP contribution in [0.3, 0.4) is 0 Å². The number of nitrogens with zero attached hydrogens (tertiary/aromatic N) is 1. The number of hydrogen-bond acceptors (Lipinski definition) is 4. The van der Waals surface area contributed by atoms with E-state index in [0.717, 1.165) is 5.56 Å². The number of likely N-dealkylation sites (tertiary alicyclic amines) is 1. The van der Waals surface area contributed by atoms with Crippen molar-refractivity contribution in [1.29, 1.82) is 0 Å². The number of halogens is 1. The van der Waals surface area contributed by atoms with Gasteiger partial charge in [-0.15, -0.1) is 11.6 Å². The third kappa shape index (κ3) is 3.94. The standard InChI is InChI=1S/C15H21ClN2O4/c1-3-21-15(20)18-6-4-12(5-7-18)17-14(19)13-8-11(9-16)10(2)22-13/h8,12H,3-7,9H2,1-2H3,(H,17,19). The molecular formula is C15H21ClN2O4. The lowest BCUT2D eigenvalue weighted by Crippen LogP contribution is -2.46. The van der Waals surface area contributed by atoms with Gasteiger partial charge in [0.05, 0.1) is 12.5 Å². The van der Waals surface area contributed by atoms with E-state index in [-0.39, 0.29) is 23.8 Å². The first-order valence-electron chi connectivity index (χ1n) is 7.43. The van der Waals surface area contributed by atoms with Gasteiger partial charge in [0.2, 0.25) is 0 Å². The van der Waals surface area contributed by atoms with Gasteiger partial charge in [0.25, 0.3) is 5.91 Å². The monoisotopic (exact) mass is 328 g/mol. The zero-order valence-corrected chi connectivity index (χ0v) is 13.6. The highest BCUT2D eigenvalue weighted by Crippen LogP contribution is 2.18. The number of amides is 2. The zero-order chi connectivity index (χ0) is 16.1. The normalized spacial score (nSPS) is 15.7. The van der Waals surface area contributed by atoms with E-state index in [0.29, 0.717) is 44.2 Å². The van der Waals surface area contributed by atoms with Crippen LogP contribution in [0.25, 0.3) is 0 Å². The van der Waals surface area contributed by atoms with E-state index in [9.17, 15) is 9.59 Å². The smallest absolute Gasteiger partial charge is 0.409 e. The molecule has 0 aromatic carbocycles. The largest absolute Gasteiger partial charge is 0.456 e. The highest BCUT2D eigenvalue weighted by molar-refractivity contribution is 6.17. The fourth-order valence-electron chi connectivity index (χ4n) is 2.44. The number of rotatable bonds is 4. The summed E-state index contributed by atoms with van der Waals surface area (Å²) in [7, 11) is 0. The lowest BCUT2D eigenvalue weighted by molar-refractivity contribution is 0.0839. The number of piperidine rings is 1. The molecule has 0 saturated carbocycles. The number of furan rings is 1. The second-order valence-corrected chi connectivity index (χ2v) is 5.53. The van der Waals surface area contributed by atoms with Gasteiger partial charge in [0.1, 0.15) is 5.76 Å². The molecule has 0 spiro atoms. The highest BCUT2D eigenvalue weighted by Gasteiger charge is 2.25. The third-order valence-electron chi connectivity index (χ3n) is 3.74. The third-order valence-corrected chi connectivity index (χ3v) is 4.03. The Morgan fingerprint density at radius 2 is 2.14 bits per heavy atom. The Bertz CT molecular complexity index is 536. The number of nitrogens with one attached hydrogen (secondary N) is 1. The molecule has 22 heavy (non-hydrogen) atoms. The molecule has 0 radical (unpaired) electrons. The second kappa shape index (κ2) is 7.54. The number of ether oxygens (including phenoxy) is 1. The van der Waals surface area contributed by atoms with Gasteiger partial charge in [-0.2, -0.15) is 0 Å². The van der Waals surface area contributed by atoms with Gasteiger partial charge >= 0.3 is 6.09 Å². The van der Waals surface area contributed by atoms with Crippen LogP contribution in [-0.4, -0.2) is 42.6 Å². The maximum Gasteiger partial charge on any atom is 0.409 e. The minimum Gasteiger partial charge on any atom is -0.456 e. The number of hydrogen-bond donors (Lipinski definition) is 1. The number of carbonyl (C=O) groups is 2. The fourth-order valence-corrected chi connectivity index (χ4v) is 2.71. The van der Waals surface area contributed by atoms with E-state index in [4.69, 9.17) is 20.8 Å². The first kappa shape index (κ1) is 16.7. The molecule has 1 fully saturated rings. The average molecular weight is 329 g/mol. The van der Waals surface area contributed by atoms with Crippen LogP contribution in [-0.2, 0) is 10.6 Å². The summed E-state index contributed by atoms with van der Waals surface area (Å²) in [4.78, 5) is 25.4. The predicted molar refractivity (Wildman–Crippen MR) is 82.1 cm³/mol. The molecule has 0 atom stereocenters. The summed E-state index contributed by atoms with van der Waals surface area (Å²) < 4.78 is 10.4. The maximum atomic E-state index is 12.2. The van der Waals surface area contributed by atoms with Crippen LogP contribution < -0.4 is 5.32 Å². The van der Waals surface area contributed by atoms with Crippen LogP contribution in [0.4, 0.5) is 4.79 Å². The number of aryl methyl sites for hydroxylation is 1. The minimum atomic E-state index is -0.291. The zero-order valence-electron chi connectivity index (χ0n) is 12.9. The van der Waals surface area contributed by atoms with Crippen LogP contribution in [0.5, 0.6) is 0 Å². The van der Waals surface area contributed by atoms with Crippen molar-refractivity contribution in [3.8, 4) is 0 Å². The van der Waals surface area contributed by atoms with Gasteiger partial charge in [-0.25, -0.2) is 4.79 Å². The Hall–Kier alpha value is -1.69. The molecule has 0 bridgehead atoms. The molecule has 1 aromatic rings. The first-order valence-corrected chi connectivity index (χ1v) is 7.96. The maximum absolute atomic E-state index is 12.2. The van der Waals surface area contributed by atoms with Gasteiger partial charge in [-0.05, 0) is 32.8 Å². The average Bonchev–Trinajstić information content (AvgIpc) is 2.89. The summed E-state index contributed by atoms with van der Waals surface area (Å²) in [6, 6.07) is 1.70. The van der Waals surface area contributed by atoms with Crippen molar-refractivity contribution in [3.05, 3.63) is 23.2 Å². The molecule has 0 aliphatic carbocycles. The lowest BCUT2D eigenvalue weighted by atomic mass is 10.1. The van der Waals surface area contributed by atoms with Gasteiger partial charge in [-0.3, -0.25) is 4.79 Å². The molecule has 1 saturated heterocycles. The predicted octanol–water partition coefficient (Wildman–Crippen LogP) is 2.68. The summed E-state index contributed by atoms with van der Waals surface area (Å²) in [5.74, 6) is 1.02. The fraction of sp³-hybridized carbons (Fsp3) is 0.600. The quantitative estimate of drug-likeness (QED) is 0.862. The van der Waals surface area contributed by atoms with Crippen molar-refractivity contribution in [2.75, 3.05) is 19.7 Å². The Balaban J connectivity index is 1.85. The molecule has 6 nitrogen and oxygen atoms in total. The van der Waals surface area contributed by atoms with Crippen LogP contribution in [0.15, 0.2) is 10.5 Å². The molecule has 2 rings (SSSR count). The lowest BCUT2D eigenvalue weighted by Gasteiger charge is -2.31. The van der Waals surface area contributed by atoms with Crippen LogP contribution in [0.2, 0.25) is 0 Å². The van der Waals surface area contributed by atoms with E-state index in [1.807, 2.05) is 0 Å². The minimum absolute atomic E-state index is 0.0306. The molecule has 1 aromatic heterocycles. The van der Waals surface area contributed by atoms with E-state index in [1.165, 1.54) is 0 Å². The molecule has 2 heterocycles. The van der Waals surface area contributed by atoms with Crippen molar-refractivity contribution in [1.82, 2.24) is 10.2 Å². The first-order chi connectivity index (χ1) is 10.5. The Morgan fingerprint density at radius 1 is 1.45 bits per heavy atom. The summed E-state index contributed by atoms with van der Waals surface area (Å²) >= 11 is 5.77. The van der Waals surface area contributed by atoms with Gasteiger partial charge < -0.3 is 19.4 Å². The van der Waals surface area contributed by atoms with Crippen molar-refractivity contribution >= 4 is 23.6 Å². The number of carbonyl (C=O) groups excluding carboxylic acids is 2. The van der Waals surface area contributed by atoms with E-state index < -0.39 is 0 Å². The molecule has 7 heteroatoms. The van der Waals surface area contributed by atoms with Gasteiger partial charge in [0, 0.05) is 24.7 Å².